The summed E-state index contributed by atoms with van der Waals surface area (Å²) in [7, 11) is 0.0694. The highest BCUT2D eigenvalue weighted by molar-refractivity contribution is 7.85. The summed E-state index contributed by atoms with van der Waals surface area (Å²) in [6.07, 6.45) is 39.8. The van der Waals surface area contributed by atoms with Gasteiger partial charge in [-0.1, -0.05) is 211 Å². The van der Waals surface area contributed by atoms with Crippen molar-refractivity contribution in [2.45, 2.75) is 230 Å². The van der Waals surface area contributed by atoms with Gasteiger partial charge in [0.25, 0.3) is 0 Å². The van der Waals surface area contributed by atoms with E-state index in [0.29, 0.717) is 0 Å². The largest absolute Gasteiger partial charge is 0.744 e. The molecule has 1 aromatic carbocycles. The highest BCUT2D eigenvalue weighted by atomic mass is 32.2. The van der Waals surface area contributed by atoms with E-state index >= 15 is 0 Å². The molecule has 0 aliphatic heterocycles. The van der Waals surface area contributed by atoms with Crippen LogP contribution in [0.25, 0.3) is 0 Å². The van der Waals surface area contributed by atoms with E-state index in [1.807, 2.05) is 6.92 Å². The SMILES string of the molecule is CCCCCCCCCCCCCCCCC(O)C[N+](C)(C)CC(O)CCCCCCCCCCCCCCCC.Cc1ccc(S(=O)(=O)[O-])cc1. The Morgan fingerprint density at radius 2 is 0.750 bits per heavy atom. The topological polar surface area (TPSA) is 97.7 Å². The fourth-order valence-corrected chi connectivity index (χ4v) is 7.72. The van der Waals surface area contributed by atoms with E-state index in [-0.39, 0.29) is 17.1 Å². The van der Waals surface area contributed by atoms with E-state index in [4.69, 9.17) is 0 Å². The van der Waals surface area contributed by atoms with Crippen molar-refractivity contribution < 1.29 is 27.7 Å². The zero-order chi connectivity index (χ0) is 38.8. The van der Waals surface area contributed by atoms with E-state index in [9.17, 15) is 23.2 Å². The maximum atomic E-state index is 10.6. The molecule has 0 aliphatic rings. The molecule has 0 spiro atoms. The third-order valence-electron chi connectivity index (χ3n) is 10.5. The molecule has 0 saturated carbocycles. The second-order valence-electron chi connectivity index (χ2n) is 16.6. The monoisotopic (exact) mass is 754 g/mol. The van der Waals surface area contributed by atoms with E-state index in [0.717, 1.165) is 48.8 Å². The molecule has 0 aliphatic carbocycles. The lowest BCUT2D eigenvalue weighted by Gasteiger charge is -2.33. The van der Waals surface area contributed by atoms with Gasteiger partial charge in [0.05, 0.1) is 19.0 Å². The summed E-state index contributed by atoms with van der Waals surface area (Å²) in [6.45, 7) is 7.92. The first-order valence-corrected chi connectivity index (χ1v) is 23.5. The van der Waals surface area contributed by atoms with Crippen LogP contribution in [0.2, 0.25) is 0 Å². The second-order valence-corrected chi connectivity index (χ2v) is 18.0. The molecule has 7 heteroatoms. The average Bonchev–Trinajstić information content (AvgIpc) is 3.08. The van der Waals surface area contributed by atoms with Crippen LogP contribution in [0.3, 0.4) is 0 Å². The minimum absolute atomic E-state index is 0.178. The Balaban J connectivity index is 0.00000199. The number of aliphatic hydroxyl groups excluding tert-OH is 2. The molecule has 2 atom stereocenters. The van der Waals surface area contributed by atoms with Crippen LogP contribution in [0.5, 0.6) is 0 Å². The van der Waals surface area contributed by atoms with Gasteiger partial charge in [-0.3, -0.25) is 0 Å². The van der Waals surface area contributed by atoms with Crippen molar-refractivity contribution in [3.05, 3.63) is 29.8 Å². The molecule has 1 rings (SSSR count). The lowest BCUT2D eigenvalue weighted by Crippen LogP contribution is -2.49. The fraction of sp³-hybridized carbons (Fsp3) is 0.867. The number of aliphatic hydroxyl groups is 2. The first kappa shape index (κ1) is 51.0. The van der Waals surface area contributed by atoms with Crippen LogP contribution in [0.1, 0.15) is 212 Å². The second kappa shape index (κ2) is 34.5. The van der Waals surface area contributed by atoms with Gasteiger partial charge in [0.2, 0.25) is 0 Å². The summed E-state index contributed by atoms with van der Waals surface area (Å²) in [4.78, 5) is -0.178. The zero-order valence-electron chi connectivity index (χ0n) is 35.1. The summed E-state index contributed by atoms with van der Waals surface area (Å²) in [6, 6.07) is 5.78. The molecule has 0 heterocycles. The standard InChI is InChI=1S/C38H80NO2.C7H8O3S/c1-5-7-9-11-13-15-17-19-21-23-25-27-29-31-33-37(40)35-39(3,4)36-38(41)34-32-30-28-26-24-22-20-18-16-14-12-10-8-6-2;1-6-2-4-7(5-3-6)11(8,9)10/h37-38,40-41H,5-36H2,1-4H3;2-5H,1H3,(H,8,9,10)/q+1;/p-1. The quantitative estimate of drug-likeness (QED) is 0.0409. The Morgan fingerprint density at radius 1 is 0.500 bits per heavy atom. The normalized spacial score (nSPS) is 13.2. The van der Waals surface area contributed by atoms with Gasteiger partial charge in [-0.05, 0) is 31.9 Å². The Hall–Kier alpha value is -0.990. The number of unbranched alkanes of at least 4 members (excludes halogenated alkanes) is 26. The molecular weight excluding hydrogens is 667 g/mol. The Kier molecular flexibility index (Phi) is 33.8. The Morgan fingerprint density at radius 3 is 1.00 bits per heavy atom. The molecule has 0 aromatic heterocycles. The molecule has 6 nitrogen and oxygen atoms in total. The van der Waals surface area contributed by atoms with Crippen molar-refractivity contribution in [2.24, 2.45) is 0 Å². The number of likely N-dealkylation sites (N-methyl/N-ethyl adjacent to an activating group) is 1. The number of aryl methyl sites for hydroxylation is 1. The molecular formula is C45H87NO5S. The van der Waals surface area contributed by atoms with Gasteiger partial charge >= 0.3 is 0 Å². The van der Waals surface area contributed by atoms with Crippen molar-refractivity contribution in [1.82, 2.24) is 0 Å². The number of rotatable bonds is 35. The van der Waals surface area contributed by atoms with Crippen LogP contribution in [0.4, 0.5) is 0 Å². The number of hydrogen-bond acceptors (Lipinski definition) is 5. The van der Waals surface area contributed by atoms with Gasteiger partial charge in [-0.2, -0.15) is 0 Å². The number of quaternary nitrogens is 1. The molecule has 308 valence electrons. The lowest BCUT2D eigenvalue weighted by atomic mass is 10.0. The minimum atomic E-state index is -4.27. The van der Waals surface area contributed by atoms with E-state index in [2.05, 4.69) is 27.9 Å². The molecule has 1 aromatic rings. The van der Waals surface area contributed by atoms with E-state index in [1.165, 1.54) is 179 Å². The first-order valence-electron chi connectivity index (χ1n) is 22.1. The Labute approximate surface area is 324 Å². The fourth-order valence-electron chi connectivity index (χ4n) is 7.25. The van der Waals surface area contributed by atoms with Gasteiger partial charge in [0.15, 0.2) is 0 Å². The molecule has 2 unspecified atom stereocenters. The molecule has 2 N–H and O–H groups in total. The number of benzene rings is 1. The molecule has 0 bridgehead atoms. The lowest BCUT2D eigenvalue weighted by molar-refractivity contribution is -0.896. The third kappa shape index (κ3) is 34.8. The van der Waals surface area contributed by atoms with Crippen LogP contribution in [0, 0.1) is 6.92 Å². The summed E-state index contributed by atoms with van der Waals surface area (Å²) in [5.74, 6) is 0. The highest BCUT2D eigenvalue weighted by Gasteiger charge is 2.23. The predicted molar refractivity (Wildman–Crippen MR) is 223 cm³/mol. The average molecular weight is 754 g/mol. The van der Waals surface area contributed by atoms with Crippen molar-refractivity contribution >= 4 is 10.1 Å². The molecule has 0 saturated heterocycles. The summed E-state index contributed by atoms with van der Waals surface area (Å²) in [5, 5.41) is 21.2. The molecule has 0 amide bonds. The first-order chi connectivity index (χ1) is 24.9. The zero-order valence-corrected chi connectivity index (χ0v) is 35.9. The van der Waals surface area contributed by atoms with Gasteiger partial charge < -0.3 is 19.2 Å². The van der Waals surface area contributed by atoms with E-state index < -0.39 is 10.1 Å². The van der Waals surface area contributed by atoms with Crippen LogP contribution >= 0.6 is 0 Å². The third-order valence-corrected chi connectivity index (χ3v) is 11.4. The van der Waals surface area contributed by atoms with Crippen LogP contribution < -0.4 is 0 Å². The molecule has 52 heavy (non-hydrogen) atoms. The van der Waals surface area contributed by atoms with Crippen molar-refractivity contribution in [3.8, 4) is 0 Å². The van der Waals surface area contributed by atoms with Crippen LogP contribution in [0.15, 0.2) is 29.2 Å². The number of nitrogens with zero attached hydrogens (tertiary/aromatic N) is 1. The maximum absolute atomic E-state index is 10.6. The van der Waals surface area contributed by atoms with Gasteiger partial charge in [0.1, 0.15) is 35.4 Å². The van der Waals surface area contributed by atoms with Crippen molar-refractivity contribution in [3.63, 3.8) is 0 Å². The highest BCUT2D eigenvalue weighted by Crippen LogP contribution is 2.17. The van der Waals surface area contributed by atoms with Gasteiger partial charge in [-0.25, -0.2) is 8.42 Å². The van der Waals surface area contributed by atoms with Crippen LogP contribution in [-0.4, -0.2) is 67.1 Å². The molecule has 0 fully saturated rings. The summed E-state index contributed by atoms with van der Waals surface area (Å²) in [5.41, 5.74) is 0.928. The minimum Gasteiger partial charge on any atom is -0.744 e. The van der Waals surface area contributed by atoms with Crippen molar-refractivity contribution in [1.29, 1.82) is 0 Å². The predicted octanol–water partition coefficient (Wildman–Crippen LogP) is 12.4. The summed E-state index contributed by atoms with van der Waals surface area (Å²) < 4.78 is 31.9. The maximum Gasteiger partial charge on any atom is 0.124 e. The molecule has 0 radical (unpaired) electrons. The van der Waals surface area contributed by atoms with Crippen LogP contribution in [-0.2, 0) is 10.1 Å². The Bertz CT molecular complexity index is 955. The van der Waals surface area contributed by atoms with Gasteiger partial charge in [0, 0.05) is 0 Å². The van der Waals surface area contributed by atoms with Gasteiger partial charge in [-0.15, -0.1) is 0 Å². The van der Waals surface area contributed by atoms with E-state index in [1.54, 1.807) is 12.1 Å². The van der Waals surface area contributed by atoms with Crippen molar-refractivity contribution in [2.75, 3.05) is 27.2 Å². The number of hydrogen-bond donors (Lipinski definition) is 2. The summed E-state index contributed by atoms with van der Waals surface area (Å²) >= 11 is 0. The smallest absolute Gasteiger partial charge is 0.124 e.